The lowest BCUT2D eigenvalue weighted by atomic mass is 10.3. The summed E-state index contributed by atoms with van der Waals surface area (Å²) in [5, 5.41) is 2.57. The number of amides is 1. The monoisotopic (exact) mass is 459 g/mol. The summed E-state index contributed by atoms with van der Waals surface area (Å²) < 4.78 is 51.4. The second-order valence-corrected chi connectivity index (χ2v) is 11.2. The minimum atomic E-state index is -3.95. The molecule has 2 aromatic carbocycles. The van der Waals surface area contributed by atoms with Crippen molar-refractivity contribution in [3.05, 3.63) is 41.4 Å². The molecule has 0 aliphatic carbocycles. The van der Waals surface area contributed by atoms with Crippen molar-refractivity contribution in [3.8, 4) is 0 Å². The molecule has 0 aliphatic rings. The van der Waals surface area contributed by atoms with Gasteiger partial charge in [-0.2, -0.15) is 0 Å². The van der Waals surface area contributed by atoms with E-state index in [-0.39, 0.29) is 25.9 Å². The van der Waals surface area contributed by atoms with Crippen LogP contribution >= 0.6 is 22.9 Å². The van der Waals surface area contributed by atoms with Crippen LogP contribution in [0.3, 0.4) is 0 Å². The highest BCUT2D eigenvalue weighted by atomic mass is 35.5. The lowest BCUT2D eigenvalue weighted by Crippen LogP contribution is -2.13. The van der Waals surface area contributed by atoms with Crippen LogP contribution in [0.4, 0.5) is 11.4 Å². The molecule has 0 bridgehead atoms. The van der Waals surface area contributed by atoms with Crippen LogP contribution in [0, 0.1) is 0 Å². The number of rotatable bonds is 5. The second kappa shape index (κ2) is 7.32. The van der Waals surface area contributed by atoms with Crippen molar-refractivity contribution in [1.29, 1.82) is 0 Å². The van der Waals surface area contributed by atoms with Crippen LogP contribution in [0.2, 0.25) is 5.02 Å². The number of fused-ring (bicyclic) bond motifs is 1. The number of sulfone groups is 1. The number of hydrogen-bond donors (Lipinski definition) is 2. The molecule has 0 spiro atoms. The van der Waals surface area contributed by atoms with Gasteiger partial charge in [0.25, 0.3) is 10.0 Å². The normalized spacial score (nSPS) is 12.1. The summed E-state index contributed by atoms with van der Waals surface area (Å²) in [6, 6.07) is 8.45. The molecule has 3 aromatic rings. The van der Waals surface area contributed by atoms with Crippen LogP contribution in [0.1, 0.15) is 6.92 Å². The highest BCUT2D eigenvalue weighted by molar-refractivity contribution is 7.93. The number of carbonyl (C=O) groups is 1. The van der Waals surface area contributed by atoms with E-state index in [9.17, 15) is 21.6 Å². The van der Waals surface area contributed by atoms with Crippen molar-refractivity contribution in [1.82, 2.24) is 4.98 Å². The number of halogens is 1. The number of anilines is 2. The molecule has 0 saturated heterocycles. The van der Waals surface area contributed by atoms with E-state index in [0.29, 0.717) is 15.9 Å². The van der Waals surface area contributed by atoms with Gasteiger partial charge in [0.05, 0.1) is 31.5 Å². The van der Waals surface area contributed by atoms with E-state index in [0.717, 1.165) is 17.6 Å². The summed E-state index contributed by atoms with van der Waals surface area (Å²) in [6.07, 6.45) is 1.06. The zero-order chi connectivity index (χ0) is 20.7. The van der Waals surface area contributed by atoms with E-state index in [4.69, 9.17) is 11.6 Å². The zero-order valence-electron chi connectivity index (χ0n) is 14.6. The Morgan fingerprint density at radius 2 is 1.82 bits per heavy atom. The lowest BCUT2D eigenvalue weighted by molar-refractivity contribution is -0.114. The van der Waals surface area contributed by atoms with Crippen LogP contribution in [-0.2, 0) is 24.7 Å². The summed E-state index contributed by atoms with van der Waals surface area (Å²) in [7, 11) is -7.40. The van der Waals surface area contributed by atoms with Gasteiger partial charge in [-0.05, 0) is 36.4 Å². The molecule has 12 heteroatoms. The van der Waals surface area contributed by atoms with Gasteiger partial charge in [0.1, 0.15) is 0 Å². The number of thiazole rings is 1. The van der Waals surface area contributed by atoms with Crippen molar-refractivity contribution in [2.45, 2.75) is 16.2 Å². The second-order valence-electron chi connectivity index (χ2n) is 5.86. The summed E-state index contributed by atoms with van der Waals surface area (Å²) in [6.45, 7) is 1.31. The Labute approximate surface area is 170 Å². The molecule has 148 valence electrons. The largest absolute Gasteiger partial charge is 0.325 e. The standard InChI is InChI=1S/C16H14ClN3O5S3/c1-9(21)18-13-6-4-11(8-12(13)17)28(24,25)20-10-3-5-14-15(7-10)26-16(19-14)27(2,22)23/h3-8,20H,1-2H3,(H,18,21). The van der Waals surface area contributed by atoms with Gasteiger partial charge in [-0.25, -0.2) is 21.8 Å². The molecule has 0 aliphatic heterocycles. The third-order valence-electron chi connectivity index (χ3n) is 3.50. The molecule has 8 nitrogen and oxygen atoms in total. The quantitative estimate of drug-likeness (QED) is 0.604. The van der Waals surface area contributed by atoms with Crippen LogP contribution in [-0.4, -0.2) is 34.0 Å². The number of nitrogens with one attached hydrogen (secondary N) is 2. The third-order valence-corrected chi connectivity index (χ3v) is 7.89. The van der Waals surface area contributed by atoms with Crippen molar-refractivity contribution in [2.75, 3.05) is 16.3 Å². The molecule has 28 heavy (non-hydrogen) atoms. The number of sulfonamides is 1. The predicted molar refractivity (Wildman–Crippen MR) is 109 cm³/mol. The van der Waals surface area contributed by atoms with Crippen molar-refractivity contribution in [2.24, 2.45) is 0 Å². The maximum atomic E-state index is 12.6. The van der Waals surface area contributed by atoms with E-state index < -0.39 is 19.9 Å². The SMILES string of the molecule is CC(=O)Nc1ccc(S(=O)(=O)Nc2ccc3nc(S(C)(=O)=O)sc3c2)cc1Cl. The number of carbonyl (C=O) groups excluding carboxylic acids is 1. The molecule has 1 aromatic heterocycles. The van der Waals surface area contributed by atoms with E-state index in [1.54, 1.807) is 0 Å². The summed E-state index contributed by atoms with van der Waals surface area (Å²) in [5.74, 6) is -0.332. The Hall–Kier alpha value is -2.21. The molecule has 0 fully saturated rings. The van der Waals surface area contributed by atoms with Gasteiger partial charge >= 0.3 is 0 Å². The van der Waals surface area contributed by atoms with Crippen LogP contribution < -0.4 is 10.0 Å². The molecular formula is C16H14ClN3O5S3. The van der Waals surface area contributed by atoms with Gasteiger partial charge in [0, 0.05) is 13.2 Å². The van der Waals surface area contributed by atoms with E-state index >= 15 is 0 Å². The molecule has 0 atom stereocenters. The fourth-order valence-corrected chi connectivity index (χ4v) is 5.54. The van der Waals surface area contributed by atoms with Gasteiger partial charge in [-0.1, -0.05) is 11.6 Å². The average Bonchev–Trinajstić information content (AvgIpc) is 2.99. The first kappa shape index (κ1) is 20.5. The minimum absolute atomic E-state index is 0.0390. The Kier molecular flexibility index (Phi) is 5.36. The fraction of sp³-hybridized carbons (Fsp3) is 0.125. The van der Waals surface area contributed by atoms with Gasteiger partial charge in [0.15, 0.2) is 0 Å². The highest BCUT2D eigenvalue weighted by Crippen LogP contribution is 2.30. The zero-order valence-corrected chi connectivity index (χ0v) is 17.8. The molecule has 0 unspecified atom stereocenters. The van der Waals surface area contributed by atoms with E-state index in [2.05, 4.69) is 15.0 Å². The maximum Gasteiger partial charge on any atom is 0.261 e. The summed E-state index contributed by atoms with van der Waals surface area (Å²) in [5.41, 5.74) is 1.00. The molecule has 1 amide bonds. The van der Waals surface area contributed by atoms with Crippen molar-refractivity contribution >= 4 is 70.3 Å². The smallest absolute Gasteiger partial charge is 0.261 e. The van der Waals surface area contributed by atoms with Crippen LogP contribution in [0.5, 0.6) is 0 Å². The molecule has 1 heterocycles. The molecule has 0 radical (unpaired) electrons. The molecule has 2 N–H and O–H groups in total. The van der Waals surface area contributed by atoms with Crippen LogP contribution in [0.25, 0.3) is 10.2 Å². The first-order valence-corrected chi connectivity index (χ1v) is 12.2. The number of hydrogen-bond acceptors (Lipinski definition) is 7. The van der Waals surface area contributed by atoms with Crippen molar-refractivity contribution in [3.63, 3.8) is 0 Å². The number of aromatic nitrogens is 1. The van der Waals surface area contributed by atoms with E-state index in [1.165, 1.54) is 43.3 Å². The summed E-state index contributed by atoms with van der Waals surface area (Å²) in [4.78, 5) is 15.1. The Morgan fingerprint density at radius 3 is 2.43 bits per heavy atom. The summed E-state index contributed by atoms with van der Waals surface area (Å²) >= 11 is 6.99. The fourth-order valence-electron chi connectivity index (χ4n) is 2.29. The lowest BCUT2D eigenvalue weighted by Gasteiger charge is -2.10. The Bertz CT molecular complexity index is 1300. The predicted octanol–water partition coefficient (Wildman–Crippen LogP) is 3.11. The number of benzene rings is 2. The molecule has 0 saturated carbocycles. The van der Waals surface area contributed by atoms with Gasteiger partial charge in [-0.15, -0.1) is 11.3 Å². The highest BCUT2D eigenvalue weighted by Gasteiger charge is 2.18. The average molecular weight is 460 g/mol. The van der Waals surface area contributed by atoms with E-state index in [1.807, 2.05) is 0 Å². The minimum Gasteiger partial charge on any atom is -0.325 e. The Morgan fingerprint density at radius 1 is 1.11 bits per heavy atom. The molecular weight excluding hydrogens is 446 g/mol. The molecule has 3 rings (SSSR count). The van der Waals surface area contributed by atoms with Crippen LogP contribution in [0.15, 0.2) is 45.6 Å². The van der Waals surface area contributed by atoms with Gasteiger partial charge in [0.2, 0.25) is 20.1 Å². The maximum absolute atomic E-state index is 12.6. The first-order valence-electron chi connectivity index (χ1n) is 7.66. The first-order chi connectivity index (χ1) is 13.0. The number of nitrogens with zero attached hydrogens (tertiary/aromatic N) is 1. The topological polar surface area (TPSA) is 122 Å². The third kappa shape index (κ3) is 4.43. The Balaban J connectivity index is 1.91. The van der Waals surface area contributed by atoms with Gasteiger partial charge in [-0.3, -0.25) is 9.52 Å². The van der Waals surface area contributed by atoms with Gasteiger partial charge < -0.3 is 5.32 Å². The van der Waals surface area contributed by atoms with Crippen molar-refractivity contribution < 1.29 is 21.6 Å².